The Morgan fingerprint density at radius 3 is 2.65 bits per heavy atom. The van der Waals surface area contributed by atoms with Gasteiger partial charge >= 0.3 is 0 Å². The van der Waals surface area contributed by atoms with E-state index in [0.717, 1.165) is 0 Å². The van der Waals surface area contributed by atoms with Crippen molar-refractivity contribution in [1.29, 1.82) is 0 Å². The Morgan fingerprint density at radius 1 is 1.35 bits per heavy atom. The van der Waals surface area contributed by atoms with Gasteiger partial charge in [0.15, 0.2) is 9.84 Å². The van der Waals surface area contributed by atoms with E-state index in [1.54, 1.807) is 17.7 Å². The van der Waals surface area contributed by atoms with Crippen molar-refractivity contribution in [2.75, 3.05) is 16.8 Å². The molecule has 0 spiro atoms. The number of amides is 1. The number of aromatic nitrogens is 2. The first kappa shape index (κ1) is 15.7. The minimum absolute atomic E-state index is 0.0214. The van der Waals surface area contributed by atoms with E-state index >= 15 is 0 Å². The number of hydrogen-bond acceptors (Lipinski definition) is 4. The molecule has 0 radical (unpaired) electrons. The summed E-state index contributed by atoms with van der Waals surface area (Å²) in [5.74, 6) is -0.223. The van der Waals surface area contributed by atoms with Crippen LogP contribution in [0.4, 0.5) is 10.2 Å². The predicted molar refractivity (Wildman–Crippen MR) is 83.6 cm³/mol. The van der Waals surface area contributed by atoms with Crippen molar-refractivity contribution in [3.63, 3.8) is 0 Å². The number of nitrogens with one attached hydrogen (secondary N) is 1. The molecule has 1 aromatic heterocycles. The van der Waals surface area contributed by atoms with E-state index in [4.69, 9.17) is 0 Å². The van der Waals surface area contributed by atoms with E-state index in [0.29, 0.717) is 23.5 Å². The maximum Gasteiger partial charge on any atom is 0.256 e. The van der Waals surface area contributed by atoms with Gasteiger partial charge < -0.3 is 5.32 Å². The van der Waals surface area contributed by atoms with Gasteiger partial charge in [-0.15, -0.1) is 0 Å². The van der Waals surface area contributed by atoms with Gasteiger partial charge in [-0.05, 0) is 37.6 Å². The molecule has 2 aromatic rings. The first-order valence-corrected chi connectivity index (χ1v) is 9.00. The summed E-state index contributed by atoms with van der Waals surface area (Å²) >= 11 is 0. The SMILES string of the molecule is Cc1cc(NC(=O)c2ccc(F)cc2)n([C@@H]2CCS(=O)(=O)C2)n1. The molecule has 2 heterocycles. The minimum atomic E-state index is -3.05. The lowest BCUT2D eigenvalue weighted by Gasteiger charge is -2.13. The summed E-state index contributed by atoms with van der Waals surface area (Å²) < 4.78 is 37.8. The summed E-state index contributed by atoms with van der Waals surface area (Å²) in [6.07, 6.45) is 0.475. The van der Waals surface area contributed by atoms with Gasteiger partial charge in [0.2, 0.25) is 0 Å². The van der Waals surface area contributed by atoms with E-state index < -0.39 is 21.6 Å². The maximum atomic E-state index is 12.9. The lowest BCUT2D eigenvalue weighted by molar-refractivity contribution is 0.102. The molecule has 1 fully saturated rings. The van der Waals surface area contributed by atoms with Crippen molar-refractivity contribution >= 4 is 21.6 Å². The predicted octanol–water partition coefficient (Wildman–Crippen LogP) is 1.94. The highest BCUT2D eigenvalue weighted by Gasteiger charge is 2.31. The summed E-state index contributed by atoms with van der Waals surface area (Å²) in [5, 5.41) is 7.01. The van der Waals surface area contributed by atoms with Crippen molar-refractivity contribution in [2.45, 2.75) is 19.4 Å². The number of sulfone groups is 1. The van der Waals surface area contributed by atoms with Gasteiger partial charge in [0.05, 0.1) is 23.2 Å². The van der Waals surface area contributed by atoms with Gasteiger partial charge in [0, 0.05) is 11.6 Å². The third-order valence-corrected chi connectivity index (χ3v) is 5.51. The third-order valence-electron chi connectivity index (χ3n) is 3.76. The molecular formula is C15H16FN3O3S. The Balaban J connectivity index is 1.83. The molecule has 1 aliphatic rings. The summed E-state index contributed by atoms with van der Waals surface area (Å²) in [6, 6.07) is 6.60. The second-order valence-corrected chi connectivity index (χ2v) is 7.86. The average molecular weight is 337 g/mol. The fourth-order valence-electron chi connectivity index (χ4n) is 2.65. The van der Waals surface area contributed by atoms with Crippen LogP contribution in [0, 0.1) is 12.7 Å². The van der Waals surface area contributed by atoms with Crippen LogP contribution in [0.2, 0.25) is 0 Å². The Labute approximate surface area is 133 Å². The van der Waals surface area contributed by atoms with Crippen LogP contribution in [0.1, 0.15) is 28.5 Å². The molecule has 1 saturated heterocycles. The standard InChI is InChI=1S/C15H16FN3O3S/c1-10-8-14(17-15(20)11-2-4-12(16)5-3-11)19(18-10)13-6-7-23(21,22)9-13/h2-5,8,13H,6-7,9H2,1H3,(H,17,20)/t13-/m1/s1. The molecule has 1 aliphatic heterocycles. The Kier molecular flexibility index (Phi) is 3.93. The first-order valence-electron chi connectivity index (χ1n) is 7.17. The van der Waals surface area contributed by atoms with Crippen molar-refractivity contribution in [2.24, 2.45) is 0 Å². The van der Waals surface area contributed by atoms with Crippen LogP contribution in [0.25, 0.3) is 0 Å². The zero-order chi connectivity index (χ0) is 16.6. The third kappa shape index (κ3) is 3.42. The molecule has 0 bridgehead atoms. The van der Waals surface area contributed by atoms with Gasteiger partial charge in [-0.3, -0.25) is 4.79 Å². The van der Waals surface area contributed by atoms with Crippen molar-refractivity contribution in [3.05, 3.63) is 47.4 Å². The summed E-state index contributed by atoms with van der Waals surface area (Å²) in [4.78, 5) is 12.2. The number of benzene rings is 1. The van der Waals surface area contributed by atoms with E-state index in [-0.39, 0.29) is 17.5 Å². The summed E-state index contributed by atoms with van der Waals surface area (Å²) in [7, 11) is -3.05. The van der Waals surface area contributed by atoms with Crippen molar-refractivity contribution in [1.82, 2.24) is 9.78 Å². The second-order valence-electron chi connectivity index (χ2n) is 5.63. The molecule has 0 saturated carbocycles. The fraction of sp³-hybridized carbons (Fsp3) is 0.333. The van der Waals surface area contributed by atoms with E-state index in [2.05, 4.69) is 10.4 Å². The van der Waals surface area contributed by atoms with E-state index in [1.807, 2.05) is 0 Å². The van der Waals surface area contributed by atoms with Gasteiger partial charge in [0.1, 0.15) is 11.6 Å². The highest BCUT2D eigenvalue weighted by Crippen LogP contribution is 2.27. The van der Waals surface area contributed by atoms with Crippen LogP contribution in [0.15, 0.2) is 30.3 Å². The molecule has 1 amide bonds. The number of rotatable bonds is 3. The molecule has 0 unspecified atom stereocenters. The van der Waals surface area contributed by atoms with Crippen LogP contribution in [-0.2, 0) is 9.84 Å². The zero-order valence-corrected chi connectivity index (χ0v) is 13.3. The topological polar surface area (TPSA) is 81.1 Å². The van der Waals surface area contributed by atoms with Crippen molar-refractivity contribution < 1.29 is 17.6 Å². The lowest BCUT2D eigenvalue weighted by atomic mass is 10.2. The number of hydrogen-bond donors (Lipinski definition) is 1. The highest BCUT2D eigenvalue weighted by molar-refractivity contribution is 7.91. The first-order chi connectivity index (χ1) is 10.8. The largest absolute Gasteiger partial charge is 0.307 e. The number of aryl methyl sites for hydroxylation is 1. The van der Waals surface area contributed by atoms with Gasteiger partial charge in [0.25, 0.3) is 5.91 Å². The summed E-state index contributed by atoms with van der Waals surface area (Å²) in [6.45, 7) is 1.77. The van der Waals surface area contributed by atoms with Crippen LogP contribution in [0.3, 0.4) is 0 Å². The normalized spacial score (nSPS) is 19.7. The number of carbonyl (C=O) groups is 1. The summed E-state index contributed by atoms with van der Waals surface area (Å²) in [5.41, 5.74) is 1.000. The number of nitrogens with zero attached hydrogens (tertiary/aromatic N) is 2. The molecule has 122 valence electrons. The smallest absolute Gasteiger partial charge is 0.256 e. The second kappa shape index (κ2) is 5.77. The Morgan fingerprint density at radius 2 is 2.04 bits per heavy atom. The van der Waals surface area contributed by atoms with Crippen LogP contribution in [0.5, 0.6) is 0 Å². The number of carbonyl (C=O) groups excluding carboxylic acids is 1. The Hall–Kier alpha value is -2.22. The molecule has 1 N–H and O–H groups in total. The van der Waals surface area contributed by atoms with E-state index in [1.165, 1.54) is 24.3 Å². The molecule has 23 heavy (non-hydrogen) atoms. The maximum absolute atomic E-state index is 12.9. The number of anilines is 1. The molecule has 6 nitrogen and oxygen atoms in total. The zero-order valence-electron chi connectivity index (χ0n) is 12.5. The molecule has 0 aliphatic carbocycles. The lowest BCUT2D eigenvalue weighted by Crippen LogP contribution is -2.19. The molecular weight excluding hydrogens is 321 g/mol. The van der Waals surface area contributed by atoms with Crippen LogP contribution >= 0.6 is 0 Å². The number of halogens is 1. The van der Waals surface area contributed by atoms with Gasteiger partial charge in [-0.1, -0.05) is 0 Å². The van der Waals surface area contributed by atoms with Gasteiger partial charge in [-0.2, -0.15) is 5.10 Å². The molecule has 1 atom stereocenters. The Bertz CT molecular complexity index is 843. The highest BCUT2D eigenvalue weighted by atomic mass is 32.2. The molecule has 3 rings (SSSR count). The molecule has 8 heteroatoms. The van der Waals surface area contributed by atoms with Crippen LogP contribution in [-0.4, -0.2) is 35.6 Å². The average Bonchev–Trinajstić information content (AvgIpc) is 3.02. The quantitative estimate of drug-likeness (QED) is 0.928. The van der Waals surface area contributed by atoms with E-state index in [9.17, 15) is 17.6 Å². The minimum Gasteiger partial charge on any atom is -0.307 e. The monoisotopic (exact) mass is 337 g/mol. The van der Waals surface area contributed by atoms with Gasteiger partial charge in [-0.25, -0.2) is 17.5 Å². The van der Waals surface area contributed by atoms with Crippen LogP contribution < -0.4 is 5.32 Å². The fourth-order valence-corrected chi connectivity index (χ4v) is 4.34. The van der Waals surface area contributed by atoms with Crippen molar-refractivity contribution in [3.8, 4) is 0 Å². The molecule has 1 aromatic carbocycles.